The largest absolute Gasteiger partial charge is 0.353 e. The van der Waals surface area contributed by atoms with Crippen molar-refractivity contribution >= 4 is 5.91 Å². The highest BCUT2D eigenvalue weighted by Gasteiger charge is 2.28. The molecule has 0 atom stereocenters. The number of amides is 1. The zero-order valence-corrected chi connectivity index (χ0v) is 10.3. The highest BCUT2D eigenvalue weighted by atomic mass is 16.2. The molecule has 2 fully saturated rings. The topological polar surface area (TPSA) is 41.1 Å². The van der Waals surface area contributed by atoms with E-state index in [1.165, 1.54) is 19.3 Å². The second kappa shape index (κ2) is 5.67. The third-order valence-corrected chi connectivity index (χ3v) is 4.04. The molecule has 0 aromatic carbocycles. The molecule has 0 heterocycles. The van der Waals surface area contributed by atoms with E-state index in [-0.39, 0.29) is 0 Å². The van der Waals surface area contributed by atoms with Crippen LogP contribution in [-0.2, 0) is 4.79 Å². The van der Waals surface area contributed by atoms with Crippen LogP contribution in [0, 0.1) is 5.92 Å². The van der Waals surface area contributed by atoms with Gasteiger partial charge < -0.3 is 10.6 Å². The van der Waals surface area contributed by atoms with Crippen LogP contribution in [0.25, 0.3) is 0 Å². The molecule has 3 nitrogen and oxygen atoms in total. The van der Waals surface area contributed by atoms with Crippen LogP contribution in [0.4, 0.5) is 0 Å². The average Bonchev–Trinajstić information content (AvgIpc) is 2.18. The SMILES string of the molecule is CCNC1CCC(NC(=O)C2CCC2)CC1. The van der Waals surface area contributed by atoms with Crippen molar-refractivity contribution in [3.05, 3.63) is 0 Å². The van der Waals surface area contributed by atoms with Gasteiger partial charge in [-0.2, -0.15) is 0 Å². The summed E-state index contributed by atoms with van der Waals surface area (Å²) in [7, 11) is 0. The molecule has 2 aliphatic rings. The molecule has 0 spiro atoms. The molecule has 3 heteroatoms. The Balaban J connectivity index is 1.66. The molecule has 92 valence electrons. The number of hydrogen-bond acceptors (Lipinski definition) is 2. The van der Waals surface area contributed by atoms with E-state index < -0.39 is 0 Å². The average molecular weight is 224 g/mol. The van der Waals surface area contributed by atoms with Crippen molar-refractivity contribution in [1.29, 1.82) is 0 Å². The maximum atomic E-state index is 11.8. The summed E-state index contributed by atoms with van der Waals surface area (Å²) in [5.74, 6) is 0.657. The number of carbonyl (C=O) groups is 1. The number of rotatable bonds is 4. The minimum absolute atomic E-state index is 0.318. The van der Waals surface area contributed by atoms with Gasteiger partial charge in [-0.3, -0.25) is 4.79 Å². The zero-order valence-electron chi connectivity index (χ0n) is 10.3. The van der Waals surface area contributed by atoms with Crippen molar-refractivity contribution in [2.24, 2.45) is 5.92 Å². The first kappa shape index (κ1) is 11.9. The minimum Gasteiger partial charge on any atom is -0.353 e. The van der Waals surface area contributed by atoms with Gasteiger partial charge in [0.15, 0.2) is 0 Å². The Kier molecular flexibility index (Phi) is 4.22. The quantitative estimate of drug-likeness (QED) is 0.765. The van der Waals surface area contributed by atoms with Gasteiger partial charge in [-0.15, -0.1) is 0 Å². The summed E-state index contributed by atoms with van der Waals surface area (Å²) in [6.45, 7) is 3.22. The number of carbonyl (C=O) groups excluding carboxylic acids is 1. The molecule has 0 unspecified atom stereocenters. The van der Waals surface area contributed by atoms with Gasteiger partial charge in [-0.05, 0) is 45.1 Å². The normalized spacial score (nSPS) is 30.8. The van der Waals surface area contributed by atoms with E-state index in [1.807, 2.05) is 0 Å². The van der Waals surface area contributed by atoms with Crippen LogP contribution in [0.15, 0.2) is 0 Å². The van der Waals surface area contributed by atoms with Crippen molar-refractivity contribution in [1.82, 2.24) is 10.6 Å². The smallest absolute Gasteiger partial charge is 0.223 e. The van der Waals surface area contributed by atoms with Crippen LogP contribution in [0.3, 0.4) is 0 Å². The summed E-state index contributed by atoms with van der Waals surface area (Å²) in [5.41, 5.74) is 0. The Morgan fingerprint density at radius 3 is 2.19 bits per heavy atom. The lowest BCUT2D eigenvalue weighted by Gasteiger charge is -2.32. The Morgan fingerprint density at radius 2 is 1.69 bits per heavy atom. The molecule has 0 aromatic rings. The zero-order chi connectivity index (χ0) is 11.4. The minimum atomic E-state index is 0.318. The fourth-order valence-electron chi connectivity index (χ4n) is 2.72. The van der Waals surface area contributed by atoms with Gasteiger partial charge in [0, 0.05) is 18.0 Å². The third-order valence-electron chi connectivity index (χ3n) is 4.04. The maximum absolute atomic E-state index is 11.8. The van der Waals surface area contributed by atoms with Crippen LogP contribution in [-0.4, -0.2) is 24.5 Å². The summed E-state index contributed by atoms with van der Waals surface area (Å²) < 4.78 is 0. The molecule has 16 heavy (non-hydrogen) atoms. The van der Waals surface area contributed by atoms with Crippen LogP contribution >= 0.6 is 0 Å². The first-order chi connectivity index (χ1) is 7.79. The fourth-order valence-corrected chi connectivity index (χ4v) is 2.72. The van der Waals surface area contributed by atoms with Crippen LogP contribution in [0.5, 0.6) is 0 Å². The second-order valence-electron chi connectivity index (χ2n) is 5.24. The van der Waals surface area contributed by atoms with Crippen LogP contribution in [0.2, 0.25) is 0 Å². The summed E-state index contributed by atoms with van der Waals surface area (Å²) >= 11 is 0. The van der Waals surface area contributed by atoms with E-state index in [2.05, 4.69) is 17.6 Å². The van der Waals surface area contributed by atoms with E-state index in [4.69, 9.17) is 0 Å². The van der Waals surface area contributed by atoms with Crippen LogP contribution in [0.1, 0.15) is 51.9 Å². The lowest BCUT2D eigenvalue weighted by molar-refractivity contribution is -0.128. The van der Waals surface area contributed by atoms with Gasteiger partial charge >= 0.3 is 0 Å². The van der Waals surface area contributed by atoms with Gasteiger partial charge in [0.05, 0.1) is 0 Å². The standard InChI is InChI=1S/C13H24N2O/c1-2-14-11-6-8-12(9-7-11)15-13(16)10-4-3-5-10/h10-12,14H,2-9H2,1H3,(H,15,16). The van der Waals surface area contributed by atoms with Crippen molar-refractivity contribution in [3.8, 4) is 0 Å². The first-order valence-electron chi connectivity index (χ1n) is 6.83. The highest BCUT2D eigenvalue weighted by molar-refractivity contribution is 5.79. The van der Waals surface area contributed by atoms with Crippen molar-refractivity contribution in [2.75, 3.05) is 6.54 Å². The monoisotopic (exact) mass is 224 g/mol. The first-order valence-corrected chi connectivity index (χ1v) is 6.83. The fraction of sp³-hybridized carbons (Fsp3) is 0.923. The van der Waals surface area contributed by atoms with E-state index >= 15 is 0 Å². The Labute approximate surface area is 98.4 Å². The predicted octanol–water partition coefficient (Wildman–Crippen LogP) is 1.82. The van der Waals surface area contributed by atoms with Gasteiger partial charge in [0.2, 0.25) is 5.91 Å². The predicted molar refractivity (Wildman–Crippen MR) is 65.2 cm³/mol. The van der Waals surface area contributed by atoms with E-state index in [0.29, 0.717) is 23.9 Å². The number of nitrogens with one attached hydrogen (secondary N) is 2. The van der Waals surface area contributed by atoms with Crippen molar-refractivity contribution in [2.45, 2.75) is 64.0 Å². The van der Waals surface area contributed by atoms with Gasteiger partial charge in [0.1, 0.15) is 0 Å². The van der Waals surface area contributed by atoms with Gasteiger partial charge in [-0.1, -0.05) is 13.3 Å². The molecule has 0 aromatic heterocycles. The summed E-state index contributed by atoms with van der Waals surface area (Å²) in [6, 6.07) is 1.13. The molecule has 2 N–H and O–H groups in total. The summed E-state index contributed by atoms with van der Waals surface area (Å²) in [6.07, 6.45) is 8.18. The van der Waals surface area contributed by atoms with Crippen LogP contribution < -0.4 is 10.6 Å². The molecular weight excluding hydrogens is 200 g/mol. The highest BCUT2D eigenvalue weighted by Crippen LogP contribution is 2.27. The molecule has 0 bridgehead atoms. The Morgan fingerprint density at radius 1 is 1.06 bits per heavy atom. The molecule has 1 amide bonds. The summed E-state index contributed by atoms with van der Waals surface area (Å²) in [5, 5.41) is 6.71. The molecule has 0 saturated heterocycles. The second-order valence-corrected chi connectivity index (χ2v) is 5.24. The maximum Gasteiger partial charge on any atom is 0.223 e. The Hall–Kier alpha value is -0.570. The Bertz CT molecular complexity index is 230. The molecule has 0 aliphatic heterocycles. The van der Waals surface area contributed by atoms with E-state index in [1.54, 1.807) is 0 Å². The van der Waals surface area contributed by atoms with Gasteiger partial charge in [-0.25, -0.2) is 0 Å². The molecular formula is C13H24N2O. The molecule has 2 saturated carbocycles. The van der Waals surface area contributed by atoms with E-state index in [0.717, 1.165) is 32.2 Å². The molecule has 2 aliphatic carbocycles. The lowest BCUT2D eigenvalue weighted by atomic mass is 9.84. The summed E-state index contributed by atoms with van der Waals surface area (Å²) in [4.78, 5) is 11.8. The third kappa shape index (κ3) is 2.97. The van der Waals surface area contributed by atoms with Crippen molar-refractivity contribution < 1.29 is 4.79 Å². The lowest BCUT2D eigenvalue weighted by Crippen LogP contribution is -2.45. The van der Waals surface area contributed by atoms with Gasteiger partial charge in [0.25, 0.3) is 0 Å². The van der Waals surface area contributed by atoms with E-state index in [9.17, 15) is 4.79 Å². The molecule has 0 radical (unpaired) electrons. The molecule has 2 rings (SSSR count). The number of hydrogen-bond donors (Lipinski definition) is 2. The van der Waals surface area contributed by atoms with Crippen molar-refractivity contribution in [3.63, 3.8) is 0 Å².